The highest BCUT2D eigenvalue weighted by atomic mass is 79.9. The van der Waals surface area contributed by atoms with Crippen molar-refractivity contribution in [3.8, 4) is 56.4 Å². The normalized spacial score (nSPS) is 11.8. The molecule has 0 atom stereocenters. The molecule has 12 aromatic carbocycles. The Morgan fingerprint density at radius 3 is 0.821 bits per heavy atom. The third-order valence-electron chi connectivity index (χ3n) is 16.9. The summed E-state index contributed by atoms with van der Waals surface area (Å²) < 4.78 is 17.9. The Labute approximate surface area is 512 Å². The molecule has 0 unspecified atom stereocenters. The van der Waals surface area contributed by atoms with E-state index < -0.39 is 16.6 Å². The lowest BCUT2D eigenvalue weighted by Crippen LogP contribution is -2.73. The summed E-state index contributed by atoms with van der Waals surface area (Å²) in [4.78, 5) is 0. The van der Waals surface area contributed by atoms with Gasteiger partial charge in [-0.15, -0.1) is 0 Å². The Morgan fingerprint density at radius 2 is 0.548 bits per heavy atom. The summed E-state index contributed by atoms with van der Waals surface area (Å²) in [5.74, 6) is 1.24. The van der Waals surface area contributed by atoms with Crippen LogP contribution in [0.25, 0.3) is 54.9 Å². The summed E-state index contributed by atoms with van der Waals surface area (Å²) in [5, 5.41) is 37.7. The van der Waals surface area contributed by atoms with E-state index in [2.05, 4.69) is 281 Å². The molecule has 0 aliphatic carbocycles. The Hall–Kier alpha value is -8.25. The zero-order valence-electron chi connectivity index (χ0n) is 48.4. The lowest BCUT2D eigenvalue weighted by atomic mass is 9.86. The van der Waals surface area contributed by atoms with Crippen molar-refractivity contribution in [3.05, 3.63) is 284 Å². The smallest absolute Gasteiger partial charge is 0.347 e. The van der Waals surface area contributed by atoms with E-state index >= 15 is 0 Å². The average molecular weight is 1260 g/mol. The first-order valence-electron chi connectivity index (χ1n) is 28.5. The van der Waals surface area contributed by atoms with Gasteiger partial charge in [-0.1, -0.05) is 194 Å². The Balaban J connectivity index is 1.14. The second-order valence-corrected chi connectivity index (χ2v) is 30.5. The summed E-state index contributed by atoms with van der Waals surface area (Å²) in [6.07, 6.45) is 0. The highest BCUT2D eigenvalue weighted by Crippen LogP contribution is 2.55. The molecule has 12 rings (SSSR count). The van der Waals surface area contributed by atoms with Crippen LogP contribution in [0.5, 0.6) is 23.0 Å². The molecule has 0 saturated heterocycles. The molecule has 0 heterocycles. The van der Waals surface area contributed by atoms with E-state index in [9.17, 15) is 10.2 Å². The molecule has 0 amide bonds. The number of phenolic OH excluding ortho intramolecular Hbond substituents is 2. The molecule has 8 heteroatoms. The summed E-state index contributed by atoms with van der Waals surface area (Å²) in [6, 6.07) is 80.5. The van der Waals surface area contributed by atoms with Crippen LogP contribution < -0.4 is 40.0 Å². The lowest BCUT2D eigenvalue weighted by molar-refractivity contribution is 0.472. The van der Waals surface area contributed by atoms with Crippen LogP contribution in [0.1, 0.15) is 44.5 Å². The van der Waals surface area contributed by atoms with Crippen LogP contribution in [-0.2, 0) is 0 Å². The molecule has 0 aliphatic heterocycles. The van der Waals surface area contributed by atoms with Gasteiger partial charge in [-0.25, -0.2) is 0 Å². The molecular weight excluding hydrogens is 1190 g/mol. The second-order valence-electron chi connectivity index (χ2n) is 22.4. The van der Waals surface area contributed by atoms with E-state index in [0.29, 0.717) is 44.9 Å². The number of hydrogen-bond acceptors (Lipinski definition) is 4. The van der Waals surface area contributed by atoms with E-state index in [1.165, 1.54) is 0 Å². The molecule has 0 aromatic heterocycles. The third kappa shape index (κ3) is 9.59. The van der Waals surface area contributed by atoms with Gasteiger partial charge >= 0.3 is 16.6 Å². The highest BCUT2D eigenvalue weighted by molar-refractivity contribution is 9.11. The summed E-state index contributed by atoms with van der Waals surface area (Å²) >= 11 is 8.19. The van der Waals surface area contributed by atoms with Crippen LogP contribution in [-0.4, -0.2) is 26.8 Å². The predicted molar refractivity (Wildman–Crippen MR) is 364 cm³/mol. The third-order valence-corrected chi connectivity index (χ3v) is 27.0. The monoisotopic (exact) mass is 1250 g/mol. The maximum Gasteiger partial charge on any atom is 0.347 e. The average Bonchev–Trinajstić information content (AvgIpc) is 0.874. The molecule has 84 heavy (non-hydrogen) atoms. The number of phenols is 2. The van der Waals surface area contributed by atoms with Gasteiger partial charge in [-0.05, 0) is 221 Å². The van der Waals surface area contributed by atoms with Crippen molar-refractivity contribution in [2.45, 2.75) is 55.4 Å². The van der Waals surface area contributed by atoms with Gasteiger partial charge in [0.05, 0.1) is 8.95 Å². The fourth-order valence-corrected chi connectivity index (χ4v) is 23.9. The van der Waals surface area contributed by atoms with Gasteiger partial charge in [0.1, 0.15) is 23.0 Å². The van der Waals surface area contributed by atoms with Crippen LogP contribution in [0.15, 0.2) is 239 Å². The minimum atomic E-state index is -3.52. The fraction of sp³-hybridized carbons (Fsp3) is 0.105. The first kappa shape index (κ1) is 56.2. The van der Waals surface area contributed by atoms with E-state index in [4.69, 9.17) is 8.85 Å². The van der Waals surface area contributed by atoms with E-state index in [-0.39, 0.29) is 11.5 Å². The standard InChI is InChI=1S/C76H64Br2O4Si2/c1-47-41-61(75(63(77)43-47)81-83(65-35-19-9-25-49(65)3,66-36-20-10-26-50(66)4)67-37-21-11-27-51(67)5)59-45-55-31-15-17-33-57(55)71(73(59)79)72-58-34-18-16-32-56(58)46-60(74(72)80)62-42-48(2)44-64(78)76(62)82-84(68-38-22-12-28-52(68)6,69-39-23-13-29-53(69)7)70-40-24-14-30-54(70)8/h9-46,79-80H,1-8H3. The predicted octanol–water partition coefficient (Wildman–Crippen LogP) is 16.5. The number of hydrogen-bond donors (Lipinski definition) is 2. The molecular formula is C76H64Br2O4Si2. The topological polar surface area (TPSA) is 58.9 Å². The number of rotatable bonds is 13. The molecule has 0 spiro atoms. The number of aromatic hydroxyl groups is 2. The number of benzene rings is 12. The largest absolute Gasteiger partial charge is 0.529 e. The van der Waals surface area contributed by atoms with Gasteiger partial charge in [0.25, 0.3) is 0 Å². The Bertz CT molecular complexity index is 4060. The Morgan fingerprint density at radius 1 is 0.298 bits per heavy atom. The molecule has 0 aliphatic rings. The molecule has 0 saturated carbocycles. The van der Waals surface area contributed by atoms with Crippen LogP contribution >= 0.6 is 31.9 Å². The van der Waals surface area contributed by atoms with Gasteiger partial charge in [0.2, 0.25) is 0 Å². The van der Waals surface area contributed by atoms with Gasteiger partial charge in [0, 0.05) is 33.4 Å². The highest BCUT2D eigenvalue weighted by Gasteiger charge is 2.49. The van der Waals surface area contributed by atoms with Crippen LogP contribution in [0.2, 0.25) is 0 Å². The number of halogens is 2. The van der Waals surface area contributed by atoms with Crippen molar-refractivity contribution >= 4 is 101 Å². The molecule has 414 valence electrons. The van der Waals surface area contributed by atoms with Crippen LogP contribution in [0, 0.1) is 55.4 Å². The molecule has 12 aromatic rings. The first-order chi connectivity index (χ1) is 40.6. The summed E-state index contributed by atoms with van der Waals surface area (Å²) in [7, 11) is -7.04. The second kappa shape index (κ2) is 22.7. The minimum Gasteiger partial charge on any atom is -0.529 e. The molecule has 2 N–H and O–H groups in total. The number of fused-ring (bicyclic) bond motifs is 2. The molecule has 0 radical (unpaired) electrons. The van der Waals surface area contributed by atoms with Gasteiger partial charge < -0.3 is 19.1 Å². The van der Waals surface area contributed by atoms with Crippen molar-refractivity contribution in [2.75, 3.05) is 0 Å². The molecule has 0 fully saturated rings. The van der Waals surface area contributed by atoms with Crippen molar-refractivity contribution in [2.24, 2.45) is 0 Å². The number of aryl methyl sites for hydroxylation is 8. The van der Waals surface area contributed by atoms with E-state index in [1.807, 2.05) is 36.4 Å². The molecule has 4 nitrogen and oxygen atoms in total. The van der Waals surface area contributed by atoms with Crippen molar-refractivity contribution in [1.29, 1.82) is 0 Å². The van der Waals surface area contributed by atoms with Gasteiger partial charge in [-0.3, -0.25) is 0 Å². The summed E-state index contributed by atoms with van der Waals surface area (Å²) in [6.45, 7) is 17.2. The van der Waals surface area contributed by atoms with E-state index in [0.717, 1.165) is 106 Å². The van der Waals surface area contributed by atoms with Gasteiger partial charge in [0.15, 0.2) is 0 Å². The van der Waals surface area contributed by atoms with Crippen LogP contribution in [0.3, 0.4) is 0 Å². The van der Waals surface area contributed by atoms with E-state index in [1.54, 1.807) is 0 Å². The fourth-order valence-electron chi connectivity index (χ4n) is 13.0. The zero-order valence-corrected chi connectivity index (χ0v) is 53.6. The maximum atomic E-state index is 13.8. The first-order valence-corrected chi connectivity index (χ1v) is 33.9. The zero-order chi connectivity index (χ0) is 58.6. The molecule has 0 bridgehead atoms. The summed E-state index contributed by atoms with van der Waals surface area (Å²) in [5.41, 5.74) is 12.3. The van der Waals surface area contributed by atoms with Crippen LogP contribution in [0.4, 0.5) is 0 Å². The SMILES string of the molecule is Cc1cc(Br)c(O[Si](c2ccccc2C)(c2ccccc2C)c2ccccc2C)c(-c2cc3ccccc3c(-c3c(O)c(-c4cc(C)cc(Br)c4O[Si](c4ccccc4C)(c4ccccc4C)c4ccccc4C)cc4ccccc34)c2O)c1. The lowest BCUT2D eigenvalue weighted by Gasteiger charge is -2.37. The van der Waals surface area contributed by atoms with Gasteiger partial charge in [-0.2, -0.15) is 0 Å². The van der Waals surface area contributed by atoms with Crippen molar-refractivity contribution < 1.29 is 19.1 Å². The van der Waals surface area contributed by atoms with Crippen molar-refractivity contribution in [3.63, 3.8) is 0 Å². The van der Waals surface area contributed by atoms with Crippen molar-refractivity contribution in [1.82, 2.24) is 0 Å². The Kier molecular flexibility index (Phi) is 15.2. The minimum absolute atomic E-state index is 0.00979. The quantitative estimate of drug-likeness (QED) is 0.0892. The maximum absolute atomic E-state index is 13.8.